The third-order valence-electron chi connectivity index (χ3n) is 13.3. The Labute approximate surface area is 474 Å². The Morgan fingerprint density at radius 3 is 1.37 bits per heavy atom. The van der Waals surface area contributed by atoms with E-state index in [0.29, 0.717) is 21.1 Å². The average Bonchev–Trinajstić information content (AvgIpc) is 4.09. The van der Waals surface area contributed by atoms with Crippen molar-refractivity contribution in [2.75, 3.05) is 14.2 Å². The second-order valence-corrected chi connectivity index (χ2v) is 22.6. The van der Waals surface area contributed by atoms with Gasteiger partial charge in [-0.15, -0.1) is 9.59 Å². The number of esters is 1. The molecule has 6 aromatic heterocycles. The molecule has 8 rings (SSSR count). The van der Waals surface area contributed by atoms with Crippen LogP contribution in [0.15, 0.2) is 80.4 Å². The minimum Gasteiger partial charge on any atom is -0.496 e. The number of methoxy groups -OCH3 is 2. The van der Waals surface area contributed by atoms with Crippen molar-refractivity contribution >= 4 is 60.6 Å². The lowest BCUT2D eigenvalue weighted by molar-refractivity contribution is -0.147. The number of aliphatic hydroxyl groups excluding tert-OH is 1. The molecule has 0 saturated heterocycles. The van der Waals surface area contributed by atoms with Gasteiger partial charge in [0, 0.05) is 42.0 Å². The molecule has 0 aliphatic heterocycles. The molecule has 0 saturated carbocycles. The summed E-state index contributed by atoms with van der Waals surface area (Å²) in [6.45, 7) is 17.7. The van der Waals surface area contributed by atoms with Gasteiger partial charge in [-0.25, -0.2) is 27.5 Å². The number of rotatable bonds is 19. The molecular formula is C56H70F2N10O11S2. The number of carbonyl (C=O) groups is 3. The zero-order valence-corrected chi connectivity index (χ0v) is 47.6. The van der Waals surface area contributed by atoms with E-state index >= 15 is 0 Å². The Morgan fingerprint density at radius 2 is 1.00 bits per heavy atom. The fraction of sp³-hybridized carbons (Fsp3) is 0.446. The van der Waals surface area contributed by atoms with Crippen molar-refractivity contribution in [2.24, 2.45) is 11.8 Å². The van der Waals surface area contributed by atoms with E-state index < -0.39 is 63.4 Å². The Balaban J connectivity index is 0.000000291. The SMILES string of the molecule is C.C.COc1ccc(F)cc1[C@@H](Cn1c(=O)n(C(C)(C)C(=O)CC(C)C)c(=O)c2c(C)c(-n3nccn3)sc21)OC(C)=O.COc1ccc(F)cc1[C@@H](O)Cn1c(=O)n(C(C)(C)C(=O)CC(C)C)c(=O)c2c(C)c(-n3nccn3)sc21. The highest BCUT2D eigenvalue weighted by Crippen LogP contribution is 2.36. The molecule has 0 bridgehead atoms. The number of fused-ring (bicyclic) bond motifs is 2. The van der Waals surface area contributed by atoms with Gasteiger partial charge in [0.05, 0.1) is 62.9 Å². The maximum Gasteiger partial charge on any atom is 0.333 e. The molecule has 8 aromatic rings. The van der Waals surface area contributed by atoms with Crippen LogP contribution < -0.4 is 32.0 Å². The van der Waals surface area contributed by atoms with Crippen molar-refractivity contribution in [3.05, 3.63) is 137 Å². The van der Waals surface area contributed by atoms with E-state index in [1.165, 1.54) is 109 Å². The first-order chi connectivity index (χ1) is 37.1. The number of Topliss-reactive ketones (excluding diaryl/α,β-unsaturated/α-hetero) is 2. The molecule has 0 aliphatic carbocycles. The highest BCUT2D eigenvalue weighted by molar-refractivity contribution is 7.21. The first-order valence-electron chi connectivity index (χ1n) is 25.1. The lowest BCUT2D eigenvalue weighted by Gasteiger charge is -2.28. The zero-order chi connectivity index (χ0) is 58.2. The second kappa shape index (κ2) is 25.4. The van der Waals surface area contributed by atoms with Crippen molar-refractivity contribution in [3.8, 4) is 21.5 Å². The Bertz CT molecular complexity index is 3850. The maximum absolute atomic E-state index is 14.4. The van der Waals surface area contributed by atoms with Crippen molar-refractivity contribution in [2.45, 2.75) is 140 Å². The van der Waals surface area contributed by atoms with Crippen LogP contribution in [0.2, 0.25) is 0 Å². The van der Waals surface area contributed by atoms with Crippen LogP contribution in [0.1, 0.15) is 124 Å². The summed E-state index contributed by atoms with van der Waals surface area (Å²) < 4.78 is 49.1. The predicted octanol–water partition coefficient (Wildman–Crippen LogP) is 8.53. The van der Waals surface area contributed by atoms with Crippen molar-refractivity contribution in [1.29, 1.82) is 0 Å². The van der Waals surface area contributed by atoms with Gasteiger partial charge in [0.1, 0.15) is 66.1 Å². The number of ketones is 2. The molecular weight excluding hydrogens is 1090 g/mol. The third-order valence-corrected chi connectivity index (χ3v) is 15.9. The zero-order valence-electron chi connectivity index (χ0n) is 46.0. The summed E-state index contributed by atoms with van der Waals surface area (Å²) in [5.74, 6) is -1.91. The molecule has 81 heavy (non-hydrogen) atoms. The number of benzene rings is 2. The van der Waals surface area contributed by atoms with Gasteiger partial charge >= 0.3 is 17.3 Å². The van der Waals surface area contributed by atoms with Gasteiger partial charge in [-0.1, -0.05) is 65.2 Å². The summed E-state index contributed by atoms with van der Waals surface area (Å²) in [6.07, 6.45) is 3.73. The van der Waals surface area contributed by atoms with Gasteiger partial charge in [0.2, 0.25) is 0 Å². The van der Waals surface area contributed by atoms with Crippen molar-refractivity contribution in [1.82, 2.24) is 48.3 Å². The Morgan fingerprint density at radius 1 is 0.630 bits per heavy atom. The van der Waals surface area contributed by atoms with E-state index in [1.807, 2.05) is 27.7 Å². The summed E-state index contributed by atoms with van der Waals surface area (Å²) in [4.78, 5) is 98.1. The van der Waals surface area contributed by atoms with Gasteiger partial charge in [0.25, 0.3) is 11.1 Å². The molecule has 0 radical (unpaired) electrons. The van der Waals surface area contributed by atoms with Gasteiger partial charge in [-0.3, -0.25) is 33.1 Å². The van der Waals surface area contributed by atoms with Crippen LogP contribution >= 0.6 is 22.7 Å². The largest absolute Gasteiger partial charge is 0.496 e. The topological polar surface area (TPSA) is 249 Å². The fourth-order valence-electron chi connectivity index (χ4n) is 9.25. The van der Waals surface area contributed by atoms with Crippen LogP contribution in [0, 0.1) is 37.3 Å². The summed E-state index contributed by atoms with van der Waals surface area (Å²) in [5.41, 5.74) is -4.39. The van der Waals surface area contributed by atoms with E-state index in [9.17, 15) is 47.4 Å². The number of aliphatic hydroxyl groups is 1. The van der Waals surface area contributed by atoms with Crippen LogP contribution in [-0.4, -0.2) is 85.1 Å². The lowest BCUT2D eigenvalue weighted by atomic mass is 9.91. The molecule has 6 heterocycles. The van der Waals surface area contributed by atoms with Crippen LogP contribution in [-0.2, 0) is 43.3 Å². The second-order valence-electron chi connectivity index (χ2n) is 20.7. The predicted molar refractivity (Wildman–Crippen MR) is 306 cm³/mol. The molecule has 2 atom stereocenters. The van der Waals surface area contributed by atoms with Crippen LogP contribution in [0.3, 0.4) is 0 Å². The molecule has 436 valence electrons. The third kappa shape index (κ3) is 12.6. The average molecular weight is 1160 g/mol. The number of nitrogens with zero attached hydrogens (tertiary/aromatic N) is 10. The molecule has 1 N–H and O–H groups in total. The Kier molecular flexibility index (Phi) is 20.0. The first-order valence-corrected chi connectivity index (χ1v) is 26.7. The van der Waals surface area contributed by atoms with Gasteiger partial charge in [-0.05, 0) is 89.8 Å². The molecule has 0 unspecified atom stereocenters. The highest BCUT2D eigenvalue weighted by atomic mass is 32.1. The minimum atomic E-state index is -1.50. The first kappa shape index (κ1) is 64.1. The molecule has 0 fully saturated rings. The van der Waals surface area contributed by atoms with E-state index in [4.69, 9.17) is 14.2 Å². The van der Waals surface area contributed by atoms with Crippen molar-refractivity contribution in [3.63, 3.8) is 0 Å². The molecule has 25 heteroatoms. The summed E-state index contributed by atoms with van der Waals surface area (Å²) in [6, 6.07) is 7.49. The number of ether oxygens (including phenoxy) is 3. The number of thiophene rings is 2. The van der Waals surface area contributed by atoms with E-state index in [1.54, 1.807) is 27.7 Å². The minimum absolute atomic E-state index is 0. The summed E-state index contributed by atoms with van der Waals surface area (Å²) in [7, 11) is 2.78. The maximum atomic E-state index is 14.4. The van der Waals surface area contributed by atoms with Crippen LogP contribution in [0.5, 0.6) is 11.5 Å². The standard InChI is InChI=1S/C28H32FN5O6S.C26H30FN5O5S.2CH4/c1-15(2)12-22(36)28(5,6)33-24(37)23-16(3)25(34-30-10-11-31-34)41-26(23)32(27(33)38)14-21(40-17(4)35)19-13-18(29)8-9-20(19)39-7;1-14(2)11-20(34)26(4,5)31-22(35)21-15(3)23(32-28-9-10-29-32)38-24(21)30(25(31)36)13-18(33)17-12-16(27)7-8-19(17)37-6;;/h8-11,13,15,21H,12,14H2,1-7H3;7-10,12,14,18,33H,11,13H2,1-6H3;2*1H4/t21-;18-;;/m10../s1. The lowest BCUT2D eigenvalue weighted by Crippen LogP contribution is -2.53. The monoisotopic (exact) mass is 1160 g/mol. The smallest absolute Gasteiger partial charge is 0.333 e. The van der Waals surface area contributed by atoms with Crippen LogP contribution in [0.4, 0.5) is 8.78 Å². The molecule has 0 aliphatic rings. The van der Waals surface area contributed by atoms with E-state index in [-0.39, 0.29) is 107 Å². The normalized spacial score (nSPS) is 12.4. The Hall–Kier alpha value is -7.77. The van der Waals surface area contributed by atoms with E-state index in [2.05, 4.69) is 20.4 Å². The quantitative estimate of drug-likeness (QED) is 0.0745. The fourth-order valence-corrected chi connectivity index (χ4v) is 11.7. The molecule has 0 spiro atoms. The van der Waals surface area contributed by atoms with Gasteiger partial charge in [-0.2, -0.15) is 20.4 Å². The molecule has 21 nitrogen and oxygen atoms in total. The highest BCUT2D eigenvalue weighted by Gasteiger charge is 2.38. The van der Waals surface area contributed by atoms with Gasteiger partial charge in [0.15, 0.2) is 11.6 Å². The van der Waals surface area contributed by atoms with E-state index in [0.717, 1.165) is 37.9 Å². The summed E-state index contributed by atoms with van der Waals surface area (Å²) in [5, 5.41) is 29.2. The number of hydrogen-bond donors (Lipinski definition) is 1. The molecule has 2 aromatic carbocycles. The summed E-state index contributed by atoms with van der Waals surface area (Å²) >= 11 is 2.21. The molecule has 0 amide bonds. The number of aryl methyl sites for hydroxylation is 2. The number of hydrogen-bond acceptors (Lipinski definition) is 17. The van der Waals surface area contributed by atoms with Crippen molar-refractivity contribution < 1.29 is 42.5 Å². The number of carbonyl (C=O) groups excluding carboxylic acids is 3. The van der Waals surface area contributed by atoms with Gasteiger partial charge < -0.3 is 19.3 Å². The number of halogens is 2. The van der Waals surface area contributed by atoms with Crippen LogP contribution in [0.25, 0.3) is 30.4 Å². The number of aromatic nitrogens is 10.